The Hall–Kier alpha value is -2.01. The number of phenols is 1. The van der Waals surface area contributed by atoms with Gasteiger partial charge in [-0.25, -0.2) is 4.39 Å². The van der Waals surface area contributed by atoms with E-state index in [4.69, 9.17) is 0 Å². The van der Waals surface area contributed by atoms with Crippen LogP contribution >= 0.6 is 11.8 Å². The molecule has 0 heterocycles. The van der Waals surface area contributed by atoms with Gasteiger partial charge in [-0.05, 0) is 42.5 Å². The van der Waals surface area contributed by atoms with Gasteiger partial charge in [-0.3, -0.25) is 4.79 Å². The number of hydrogen-bond acceptors (Lipinski definition) is 3. The Balaban J connectivity index is 1.86. The molecule has 0 aliphatic rings. The number of thioether (sulfide) groups is 1. The van der Waals surface area contributed by atoms with Gasteiger partial charge in [-0.1, -0.05) is 6.07 Å². The van der Waals surface area contributed by atoms with Crippen LogP contribution in [0.2, 0.25) is 0 Å². The van der Waals surface area contributed by atoms with Crippen molar-refractivity contribution in [1.82, 2.24) is 0 Å². The van der Waals surface area contributed by atoms with Gasteiger partial charge in [0.2, 0.25) is 5.91 Å². The number of anilines is 1. The minimum absolute atomic E-state index is 0.170. The lowest BCUT2D eigenvalue weighted by Crippen LogP contribution is -2.13. The number of nitrogens with one attached hydrogen (secondary N) is 1. The molecular weight excluding hydrogens is 265 g/mol. The molecule has 0 aliphatic heterocycles. The number of carbonyl (C=O) groups is 1. The molecule has 2 aromatic carbocycles. The summed E-state index contributed by atoms with van der Waals surface area (Å²) in [5.74, 6) is -0.128. The molecule has 0 bridgehead atoms. The van der Waals surface area contributed by atoms with E-state index in [0.717, 1.165) is 4.90 Å². The maximum absolute atomic E-state index is 12.7. The summed E-state index contributed by atoms with van der Waals surface area (Å²) >= 11 is 1.32. The van der Waals surface area contributed by atoms with Gasteiger partial charge < -0.3 is 10.4 Å². The molecule has 2 N–H and O–H groups in total. The highest BCUT2D eigenvalue weighted by molar-refractivity contribution is 8.00. The molecule has 0 unspecified atom stereocenters. The van der Waals surface area contributed by atoms with Gasteiger partial charge in [0.05, 0.1) is 5.75 Å². The Morgan fingerprint density at radius 3 is 2.63 bits per heavy atom. The van der Waals surface area contributed by atoms with Crippen LogP contribution in [0.25, 0.3) is 0 Å². The number of halogens is 1. The highest BCUT2D eigenvalue weighted by Gasteiger charge is 2.04. The lowest BCUT2D eigenvalue weighted by Gasteiger charge is -2.05. The number of amides is 1. The smallest absolute Gasteiger partial charge is 0.234 e. The van der Waals surface area contributed by atoms with Gasteiger partial charge in [0.15, 0.2) is 0 Å². The second-order valence-electron chi connectivity index (χ2n) is 3.84. The predicted molar refractivity (Wildman–Crippen MR) is 73.9 cm³/mol. The zero-order chi connectivity index (χ0) is 13.7. The zero-order valence-corrected chi connectivity index (χ0v) is 10.8. The minimum atomic E-state index is -0.341. The summed E-state index contributed by atoms with van der Waals surface area (Å²) in [7, 11) is 0. The molecule has 0 fully saturated rings. The molecule has 0 atom stereocenters. The summed E-state index contributed by atoms with van der Waals surface area (Å²) in [6.07, 6.45) is 0. The van der Waals surface area contributed by atoms with Crippen LogP contribution in [0.3, 0.4) is 0 Å². The van der Waals surface area contributed by atoms with Gasteiger partial charge in [0.1, 0.15) is 11.6 Å². The van der Waals surface area contributed by atoms with Crippen LogP contribution in [0.15, 0.2) is 53.4 Å². The number of rotatable bonds is 4. The van der Waals surface area contributed by atoms with Crippen LogP contribution in [0, 0.1) is 5.82 Å². The summed E-state index contributed by atoms with van der Waals surface area (Å²) in [6, 6.07) is 12.3. The molecule has 0 saturated heterocycles. The van der Waals surface area contributed by atoms with E-state index in [1.54, 1.807) is 18.2 Å². The fraction of sp³-hybridized carbons (Fsp3) is 0.0714. The van der Waals surface area contributed by atoms with E-state index in [0.29, 0.717) is 5.69 Å². The van der Waals surface area contributed by atoms with E-state index in [2.05, 4.69) is 5.32 Å². The van der Waals surface area contributed by atoms with E-state index < -0.39 is 0 Å². The van der Waals surface area contributed by atoms with Gasteiger partial charge in [-0.15, -0.1) is 11.8 Å². The molecule has 0 aromatic heterocycles. The molecule has 1 amide bonds. The van der Waals surface area contributed by atoms with Gasteiger partial charge in [0.25, 0.3) is 0 Å². The molecule has 98 valence electrons. The number of benzene rings is 2. The topological polar surface area (TPSA) is 49.3 Å². The molecular formula is C14H12FNO2S. The Bertz CT molecular complexity index is 572. The minimum Gasteiger partial charge on any atom is -0.508 e. The number of hydrogen-bond donors (Lipinski definition) is 2. The summed E-state index contributed by atoms with van der Waals surface area (Å²) < 4.78 is 12.7. The van der Waals surface area contributed by atoms with Crippen LogP contribution in [-0.2, 0) is 4.79 Å². The van der Waals surface area contributed by atoms with E-state index in [9.17, 15) is 14.3 Å². The van der Waals surface area contributed by atoms with Crippen molar-refractivity contribution in [2.45, 2.75) is 4.90 Å². The predicted octanol–water partition coefficient (Wildman–Crippen LogP) is 3.26. The third kappa shape index (κ3) is 4.30. The van der Waals surface area contributed by atoms with Crippen molar-refractivity contribution in [2.75, 3.05) is 11.1 Å². The number of carbonyl (C=O) groups excluding carboxylic acids is 1. The van der Waals surface area contributed by atoms with Gasteiger partial charge in [0, 0.05) is 10.6 Å². The van der Waals surface area contributed by atoms with Crippen molar-refractivity contribution >= 4 is 23.4 Å². The zero-order valence-electron chi connectivity index (χ0n) is 9.97. The molecule has 19 heavy (non-hydrogen) atoms. The fourth-order valence-corrected chi connectivity index (χ4v) is 2.20. The van der Waals surface area contributed by atoms with Crippen molar-refractivity contribution in [3.8, 4) is 5.75 Å². The van der Waals surface area contributed by atoms with Crippen molar-refractivity contribution in [2.24, 2.45) is 0 Å². The molecule has 0 spiro atoms. The molecule has 2 rings (SSSR count). The number of aromatic hydroxyl groups is 1. The maximum Gasteiger partial charge on any atom is 0.234 e. The van der Waals surface area contributed by atoms with Gasteiger partial charge in [-0.2, -0.15) is 0 Å². The normalized spacial score (nSPS) is 10.2. The molecule has 3 nitrogen and oxygen atoms in total. The van der Waals surface area contributed by atoms with E-state index in [1.807, 2.05) is 6.07 Å². The Labute approximate surface area is 114 Å². The van der Waals surface area contributed by atoms with Crippen molar-refractivity contribution in [3.63, 3.8) is 0 Å². The molecule has 0 aliphatic carbocycles. The quantitative estimate of drug-likeness (QED) is 0.843. The maximum atomic E-state index is 12.7. The van der Waals surface area contributed by atoms with Crippen molar-refractivity contribution < 1.29 is 14.3 Å². The average Bonchev–Trinajstić information content (AvgIpc) is 2.39. The van der Waals surface area contributed by atoms with Crippen molar-refractivity contribution in [3.05, 3.63) is 54.3 Å². The first-order valence-electron chi connectivity index (χ1n) is 5.61. The average molecular weight is 277 g/mol. The highest BCUT2D eigenvalue weighted by Crippen LogP contribution is 2.22. The lowest BCUT2D eigenvalue weighted by molar-refractivity contribution is -0.113. The van der Waals surface area contributed by atoms with Crippen molar-refractivity contribution in [1.29, 1.82) is 0 Å². The monoisotopic (exact) mass is 277 g/mol. The second kappa shape index (κ2) is 6.24. The van der Waals surface area contributed by atoms with Crippen LogP contribution in [-0.4, -0.2) is 16.8 Å². The van der Waals surface area contributed by atoms with Crippen LogP contribution in [0.1, 0.15) is 0 Å². The first-order valence-corrected chi connectivity index (χ1v) is 6.59. The summed E-state index contributed by atoms with van der Waals surface area (Å²) in [6.45, 7) is 0. The third-order valence-electron chi connectivity index (χ3n) is 2.32. The molecule has 0 radical (unpaired) electrons. The lowest BCUT2D eigenvalue weighted by atomic mass is 10.3. The Kier molecular flexibility index (Phi) is 4.41. The second-order valence-corrected chi connectivity index (χ2v) is 4.89. The molecule has 5 heteroatoms. The van der Waals surface area contributed by atoms with Crippen LogP contribution < -0.4 is 5.32 Å². The third-order valence-corrected chi connectivity index (χ3v) is 3.31. The standard InChI is InChI=1S/C14H12FNO2S/c15-10-4-6-11(7-5-10)16-14(18)9-19-13-3-1-2-12(17)8-13/h1-8,17H,9H2,(H,16,18). The van der Waals surface area contributed by atoms with E-state index >= 15 is 0 Å². The molecule has 2 aromatic rings. The van der Waals surface area contributed by atoms with E-state index in [1.165, 1.54) is 36.0 Å². The van der Waals surface area contributed by atoms with Crippen LogP contribution in [0.5, 0.6) is 5.75 Å². The first kappa shape index (κ1) is 13.4. The highest BCUT2D eigenvalue weighted by atomic mass is 32.2. The fourth-order valence-electron chi connectivity index (χ4n) is 1.45. The van der Waals surface area contributed by atoms with Crippen LogP contribution in [0.4, 0.5) is 10.1 Å². The van der Waals surface area contributed by atoms with Gasteiger partial charge >= 0.3 is 0 Å². The summed E-state index contributed by atoms with van der Waals surface area (Å²) in [5, 5.41) is 12.0. The Morgan fingerprint density at radius 1 is 1.21 bits per heavy atom. The SMILES string of the molecule is O=C(CSc1cccc(O)c1)Nc1ccc(F)cc1. The largest absolute Gasteiger partial charge is 0.508 e. The first-order chi connectivity index (χ1) is 9.13. The van der Waals surface area contributed by atoms with E-state index in [-0.39, 0.29) is 23.2 Å². The molecule has 0 saturated carbocycles. The Morgan fingerprint density at radius 2 is 1.95 bits per heavy atom. The summed E-state index contributed by atoms with van der Waals surface area (Å²) in [4.78, 5) is 12.5. The summed E-state index contributed by atoms with van der Waals surface area (Å²) in [5.41, 5.74) is 0.558. The number of phenolic OH excluding ortho intramolecular Hbond substituents is 1.